The van der Waals surface area contributed by atoms with Crippen molar-refractivity contribution in [3.63, 3.8) is 0 Å². The maximum atomic E-state index is 11.2. The molecule has 0 aromatic heterocycles. The van der Waals surface area contributed by atoms with E-state index in [1.54, 1.807) is 0 Å². The Kier molecular flexibility index (Phi) is 6.45. The minimum atomic E-state index is -0.222. The molecule has 1 aliphatic carbocycles. The van der Waals surface area contributed by atoms with Gasteiger partial charge in [-0.25, -0.2) is 0 Å². The Bertz CT molecular complexity index is 571. The van der Waals surface area contributed by atoms with Crippen molar-refractivity contribution in [2.45, 2.75) is 31.6 Å². The van der Waals surface area contributed by atoms with Crippen LogP contribution in [-0.4, -0.2) is 38.7 Å². The Labute approximate surface area is 146 Å². The Hall–Kier alpha value is -1.56. The lowest BCUT2D eigenvalue weighted by atomic mass is 9.96. The maximum Gasteiger partial charge on any atom is 0.307 e. The Morgan fingerprint density at radius 3 is 2.70 bits per heavy atom. The molecule has 23 heavy (non-hydrogen) atoms. The Morgan fingerprint density at radius 1 is 1.35 bits per heavy atom. The van der Waals surface area contributed by atoms with Gasteiger partial charge in [0.1, 0.15) is 0 Å². The summed E-state index contributed by atoms with van der Waals surface area (Å²) >= 11 is 3.64. The van der Waals surface area contributed by atoms with Gasteiger partial charge in [0.25, 0.3) is 0 Å². The molecule has 1 aromatic rings. The van der Waals surface area contributed by atoms with Gasteiger partial charge in [0.05, 0.1) is 20.1 Å². The zero-order valence-electron chi connectivity index (χ0n) is 13.7. The molecule has 0 spiro atoms. The molecule has 1 fully saturated rings. The number of halogens is 1. The van der Waals surface area contributed by atoms with Crippen LogP contribution in [0.15, 0.2) is 33.7 Å². The molecule has 0 bridgehead atoms. The first kappa shape index (κ1) is 17.8. The number of aliphatic imine (C=N–C) groups is 1. The first-order chi connectivity index (χ1) is 11.1. The summed E-state index contributed by atoms with van der Waals surface area (Å²) in [7, 11) is 1.40. The standard InChI is InChI=1S/C17H24BrN3O2/c1-3-19-16(20-11-8-15(22)23-2)21-12-17(9-10-17)13-6-4-5-7-14(13)18/h4-7H,3,8-12H2,1-2H3,(H2,19,20,21). The van der Waals surface area contributed by atoms with Crippen molar-refractivity contribution in [1.82, 2.24) is 10.6 Å². The molecular formula is C17H24BrN3O2. The van der Waals surface area contributed by atoms with Gasteiger partial charge in [0.2, 0.25) is 0 Å². The molecule has 0 heterocycles. The van der Waals surface area contributed by atoms with Crippen LogP contribution in [0.25, 0.3) is 0 Å². The zero-order chi connectivity index (χ0) is 16.7. The van der Waals surface area contributed by atoms with Crippen LogP contribution >= 0.6 is 15.9 Å². The number of guanidine groups is 1. The highest BCUT2D eigenvalue weighted by molar-refractivity contribution is 9.10. The summed E-state index contributed by atoms with van der Waals surface area (Å²) in [5, 5.41) is 6.39. The fraction of sp³-hybridized carbons (Fsp3) is 0.529. The number of methoxy groups -OCH3 is 1. The van der Waals surface area contributed by atoms with E-state index in [4.69, 9.17) is 4.99 Å². The third-order valence-electron chi connectivity index (χ3n) is 4.03. The lowest BCUT2D eigenvalue weighted by Gasteiger charge is -2.17. The molecule has 1 aromatic carbocycles. The van der Waals surface area contributed by atoms with Gasteiger partial charge in [-0.2, -0.15) is 0 Å². The summed E-state index contributed by atoms with van der Waals surface area (Å²) in [6, 6.07) is 8.36. The largest absolute Gasteiger partial charge is 0.469 e. The van der Waals surface area contributed by atoms with Crippen molar-refractivity contribution in [2.75, 3.05) is 26.7 Å². The van der Waals surface area contributed by atoms with Gasteiger partial charge in [0, 0.05) is 23.0 Å². The minimum absolute atomic E-state index is 0.144. The number of hydrogen-bond donors (Lipinski definition) is 2. The summed E-state index contributed by atoms with van der Waals surface area (Å²) in [5.41, 5.74) is 1.47. The van der Waals surface area contributed by atoms with Crippen LogP contribution in [0, 0.1) is 0 Å². The van der Waals surface area contributed by atoms with Crippen molar-refractivity contribution >= 4 is 27.9 Å². The number of nitrogens with zero attached hydrogens (tertiary/aromatic N) is 1. The summed E-state index contributed by atoms with van der Waals surface area (Å²) in [6.07, 6.45) is 2.64. The molecule has 126 valence electrons. The van der Waals surface area contributed by atoms with Crippen LogP contribution in [0.3, 0.4) is 0 Å². The smallest absolute Gasteiger partial charge is 0.307 e. The number of benzene rings is 1. The number of rotatable bonds is 7. The highest BCUT2D eigenvalue weighted by Gasteiger charge is 2.45. The van der Waals surface area contributed by atoms with Gasteiger partial charge in [-0.3, -0.25) is 9.79 Å². The SMILES string of the molecule is CCNC(=NCC1(c2ccccc2Br)CC1)NCCC(=O)OC. The summed E-state index contributed by atoms with van der Waals surface area (Å²) in [5.74, 6) is 0.523. The van der Waals surface area contributed by atoms with E-state index in [0.717, 1.165) is 36.4 Å². The average molecular weight is 382 g/mol. The second-order valence-electron chi connectivity index (χ2n) is 5.71. The lowest BCUT2D eigenvalue weighted by molar-refractivity contribution is -0.140. The fourth-order valence-corrected chi connectivity index (χ4v) is 3.22. The molecule has 0 radical (unpaired) electrons. The average Bonchev–Trinajstić information content (AvgIpc) is 3.33. The van der Waals surface area contributed by atoms with Gasteiger partial charge in [-0.05, 0) is 31.4 Å². The normalized spacial score (nSPS) is 15.9. The molecule has 2 N–H and O–H groups in total. The molecule has 6 heteroatoms. The van der Waals surface area contributed by atoms with Crippen molar-refractivity contribution in [3.8, 4) is 0 Å². The molecule has 1 saturated carbocycles. The van der Waals surface area contributed by atoms with E-state index in [0.29, 0.717) is 13.0 Å². The molecule has 0 amide bonds. The van der Waals surface area contributed by atoms with Crippen molar-refractivity contribution in [3.05, 3.63) is 34.3 Å². The van der Waals surface area contributed by atoms with Crippen LogP contribution in [0.5, 0.6) is 0 Å². The van der Waals surface area contributed by atoms with Crippen molar-refractivity contribution in [2.24, 2.45) is 4.99 Å². The third kappa shape index (κ3) is 4.96. The van der Waals surface area contributed by atoms with Gasteiger partial charge in [-0.1, -0.05) is 34.1 Å². The molecule has 0 saturated heterocycles. The monoisotopic (exact) mass is 381 g/mol. The van der Waals surface area contributed by atoms with Gasteiger partial charge in [0.15, 0.2) is 5.96 Å². The van der Waals surface area contributed by atoms with Gasteiger partial charge >= 0.3 is 5.97 Å². The molecular weight excluding hydrogens is 358 g/mol. The van der Waals surface area contributed by atoms with E-state index in [2.05, 4.69) is 49.5 Å². The Balaban J connectivity index is 1.97. The number of carbonyl (C=O) groups is 1. The lowest BCUT2D eigenvalue weighted by Crippen LogP contribution is -2.39. The number of carbonyl (C=O) groups excluding carboxylic acids is 1. The van der Waals surface area contributed by atoms with Crippen LogP contribution in [0.4, 0.5) is 0 Å². The highest BCUT2D eigenvalue weighted by atomic mass is 79.9. The number of esters is 1. The van der Waals surface area contributed by atoms with E-state index >= 15 is 0 Å². The van der Waals surface area contributed by atoms with Crippen LogP contribution in [0.2, 0.25) is 0 Å². The van der Waals surface area contributed by atoms with Crippen molar-refractivity contribution in [1.29, 1.82) is 0 Å². The number of nitrogens with one attached hydrogen (secondary N) is 2. The summed E-state index contributed by atoms with van der Waals surface area (Å²) in [6.45, 7) is 4.06. The van der Waals surface area contributed by atoms with E-state index in [-0.39, 0.29) is 11.4 Å². The summed E-state index contributed by atoms with van der Waals surface area (Å²) in [4.78, 5) is 15.9. The van der Waals surface area contributed by atoms with Crippen molar-refractivity contribution < 1.29 is 9.53 Å². The fourth-order valence-electron chi connectivity index (χ4n) is 2.51. The molecule has 2 rings (SSSR count). The number of ether oxygens (including phenoxy) is 1. The van der Waals surface area contributed by atoms with Gasteiger partial charge < -0.3 is 15.4 Å². The predicted molar refractivity (Wildman–Crippen MR) is 95.7 cm³/mol. The quantitative estimate of drug-likeness (QED) is 0.432. The molecule has 1 aliphatic rings. The molecule has 0 aliphatic heterocycles. The third-order valence-corrected chi connectivity index (χ3v) is 4.72. The topological polar surface area (TPSA) is 62.7 Å². The first-order valence-electron chi connectivity index (χ1n) is 7.95. The van der Waals surface area contributed by atoms with E-state index < -0.39 is 0 Å². The van der Waals surface area contributed by atoms with Crippen LogP contribution in [0.1, 0.15) is 31.7 Å². The second kappa shape index (κ2) is 8.34. The number of hydrogen-bond acceptors (Lipinski definition) is 3. The van der Waals surface area contributed by atoms with E-state index in [1.165, 1.54) is 12.7 Å². The molecule has 5 nitrogen and oxygen atoms in total. The van der Waals surface area contributed by atoms with Crippen LogP contribution in [-0.2, 0) is 14.9 Å². The first-order valence-corrected chi connectivity index (χ1v) is 8.74. The minimum Gasteiger partial charge on any atom is -0.469 e. The molecule has 0 atom stereocenters. The van der Waals surface area contributed by atoms with Gasteiger partial charge in [-0.15, -0.1) is 0 Å². The summed E-state index contributed by atoms with van der Waals surface area (Å²) < 4.78 is 5.79. The predicted octanol–water partition coefficient (Wildman–Crippen LogP) is 2.60. The maximum absolute atomic E-state index is 11.2. The van der Waals surface area contributed by atoms with E-state index in [9.17, 15) is 4.79 Å². The second-order valence-corrected chi connectivity index (χ2v) is 6.56. The van der Waals surface area contributed by atoms with E-state index in [1.807, 2.05) is 13.0 Å². The Morgan fingerprint density at radius 2 is 2.09 bits per heavy atom. The van der Waals surface area contributed by atoms with Crippen LogP contribution < -0.4 is 10.6 Å². The zero-order valence-corrected chi connectivity index (χ0v) is 15.3. The molecule has 0 unspecified atom stereocenters. The highest BCUT2D eigenvalue weighted by Crippen LogP contribution is 2.50.